The van der Waals surface area contributed by atoms with Gasteiger partial charge in [-0.3, -0.25) is 4.79 Å². The maximum atomic E-state index is 12.3. The predicted molar refractivity (Wildman–Crippen MR) is 86.1 cm³/mol. The van der Waals surface area contributed by atoms with E-state index in [-0.39, 0.29) is 15.5 Å². The quantitative estimate of drug-likeness (QED) is 0.917. The average molecular weight is 328 g/mol. The lowest BCUT2D eigenvalue weighted by Crippen LogP contribution is -2.31. The minimum atomic E-state index is -3.70. The fourth-order valence-corrected chi connectivity index (χ4v) is 3.45. The number of amides is 1. The van der Waals surface area contributed by atoms with Gasteiger partial charge >= 0.3 is 0 Å². The van der Waals surface area contributed by atoms with E-state index in [0.29, 0.717) is 18.7 Å². The van der Waals surface area contributed by atoms with Gasteiger partial charge < -0.3 is 4.90 Å². The van der Waals surface area contributed by atoms with E-state index >= 15 is 0 Å². The summed E-state index contributed by atoms with van der Waals surface area (Å²) in [5.74, 6) is 0.469. The summed E-state index contributed by atoms with van der Waals surface area (Å²) in [6.45, 7) is 6.80. The summed E-state index contributed by atoms with van der Waals surface area (Å²) in [7, 11) is -3.70. The maximum Gasteiger partial charge on any atom is 0.238 e. The molecule has 0 atom stereocenters. The molecule has 1 amide bonds. The maximum absolute atomic E-state index is 12.3. The molecule has 0 saturated heterocycles. The molecule has 1 heterocycles. The summed E-state index contributed by atoms with van der Waals surface area (Å²) in [6, 6.07) is 4.69. The smallest absolute Gasteiger partial charge is 0.238 e. The van der Waals surface area contributed by atoms with Crippen molar-refractivity contribution < 1.29 is 13.2 Å². The minimum Gasteiger partial charge on any atom is -0.311 e. The number of hydrogen-bond donors (Lipinski definition) is 1. The molecule has 21 heavy (non-hydrogen) atoms. The highest BCUT2D eigenvalue weighted by Crippen LogP contribution is 2.31. The Bertz CT molecular complexity index is 663. The van der Waals surface area contributed by atoms with Crippen molar-refractivity contribution in [2.45, 2.75) is 36.8 Å². The Balaban J connectivity index is 2.17. The molecular weight excluding hydrogens is 308 g/mol. The molecule has 1 aromatic rings. The third-order valence-corrected chi connectivity index (χ3v) is 5.37. The third-order valence-electron chi connectivity index (χ3n) is 3.20. The van der Waals surface area contributed by atoms with Gasteiger partial charge in [0.05, 0.1) is 10.6 Å². The molecule has 116 valence electrons. The van der Waals surface area contributed by atoms with Crippen molar-refractivity contribution >= 4 is 33.4 Å². The van der Waals surface area contributed by atoms with Crippen LogP contribution < -0.4 is 10.0 Å². The topological polar surface area (TPSA) is 80.5 Å². The van der Waals surface area contributed by atoms with Crippen LogP contribution in [0.15, 0.2) is 23.1 Å². The molecule has 1 aliphatic heterocycles. The molecule has 0 spiro atoms. The second kappa shape index (κ2) is 5.62. The highest BCUT2D eigenvalue weighted by Gasteiger charge is 2.26. The van der Waals surface area contributed by atoms with Crippen molar-refractivity contribution in [3.63, 3.8) is 0 Å². The van der Waals surface area contributed by atoms with Gasteiger partial charge in [0.25, 0.3) is 0 Å². The molecule has 0 saturated carbocycles. The highest BCUT2D eigenvalue weighted by atomic mass is 32.2. The van der Waals surface area contributed by atoms with E-state index in [2.05, 4.69) is 20.8 Å². The van der Waals surface area contributed by atoms with E-state index in [4.69, 9.17) is 5.14 Å². The molecule has 0 aliphatic carbocycles. The predicted octanol–water partition coefficient (Wildman–Crippen LogP) is 1.75. The molecule has 1 aromatic carbocycles. The van der Waals surface area contributed by atoms with E-state index in [1.807, 2.05) is 0 Å². The number of fused-ring (bicyclic) bond motifs is 1. The summed E-state index contributed by atoms with van der Waals surface area (Å²) in [5.41, 5.74) is 1.65. The average Bonchev–Trinajstić information content (AvgIpc) is 2.76. The first-order chi connectivity index (χ1) is 9.58. The van der Waals surface area contributed by atoms with Crippen LogP contribution in [0.2, 0.25) is 0 Å². The monoisotopic (exact) mass is 328 g/mol. The van der Waals surface area contributed by atoms with Crippen LogP contribution in [0.3, 0.4) is 0 Å². The first-order valence-corrected chi connectivity index (χ1v) is 9.21. The number of primary sulfonamides is 1. The van der Waals surface area contributed by atoms with Crippen molar-refractivity contribution in [2.24, 2.45) is 5.14 Å². The summed E-state index contributed by atoms with van der Waals surface area (Å²) < 4.78 is 22.7. The van der Waals surface area contributed by atoms with Crippen LogP contribution in [0.5, 0.6) is 0 Å². The van der Waals surface area contributed by atoms with Gasteiger partial charge in [-0.15, -0.1) is 11.8 Å². The number of rotatable bonds is 3. The van der Waals surface area contributed by atoms with Gasteiger partial charge in [0, 0.05) is 17.0 Å². The highest BCUT2D eigenvalue weighted by molar-refractivity contribution is 8.01. The van der Waals surface area contributed by atoms with Gasteiger partial charge in [0.1, 0.15) is 0 Å². The zero-order valence-corrected chi connectivity index (χ0v) is 14.1. The van der Waals surface area contributed by atoms with Crippen LogP contribution in [0.25, 0.3) is 0 Å². The first kappa shape index (κ1) is 16.3. The van der Waals surface area contributed by atoms with Crippen LogP contribution in [-0.2, 0) is 21.2 Å². The van der Waals surface area contributed by atoms with Crippen molar-refractivity contribution in [1.82, 2.24) is 0 Å². The largest absolute Gasteiger partial charge is 0.311 e. The van der Waals surface area contributed by atoms with Gasteiger partial charge in [0.2, 0.25) is 15.9 Å². The van der Waals surface area contributed by atoms with Gasteiger partial charge in [-0.25, -0.2) is 13.6 Å². The van der Waals surface area contributed by atoms with Crippen LogP contribution in [0.4, 0.5) is 5.69 Å². The normalized spacial score (nSPS) is 15.1. The van der Waals surface area contributed by atoms with Crippen molar-refractivity contribution in [1.29, 1.82) is 0 Å². The number of carbonyl (C=O) groups is 1. The molecule has 5 nitrogen and oxygen atoms in total. The number of thioether (sulfide) groups is 1. The first-order valence-electron chi connectivity index (χ1n) is 6.68. The lowest BCUT2D eigenvalue weighted by atomic mass is 10.2. The zero-order valence-electron chi connectivity index (χ0n) is 12.4. The zero-order chi connectivity index (χ0) is 15.8. The summed E-state index contributed by atoms with van der Waals surface area (Å²) in [6.07, 6.45) is 0.657. The van der Waals surface area contributed by atoms with E-state index in [1.54, 1.807) is 28.8 Å². The number of carbonyl (C=O) groups excluding carboxylic acids is 1. The third kappa shape index (κ3) is 3.99. The van der Waals surface area contributed by atoms with Crippen molar-refractivity contribution in [3.8, 4) is 0 Å². The number of benzene rings is 1. The Morgan fingerprint density at radius 1 is 1.38 bits per heavy atom. The fraction of sp³-hybridized carbons (Fsp3) is 0.500. The molecule has 1 aliphatic rings. The summed E-state index contributed by atoms with van der Waals surface area (Å²) in [4.78, 5) is 14.1. The van der Waals surface area contributed by atoms with Crippen LogP contribution in [0, 0.1) is 0 Å². The van der Waals surface area contributed by atoms with E-state index in [9.17, 15) is 13.2 Å². The molecule has 2 rings (SSSR count). The Labute approximate surface area is 129 Å². The minimum absolute atomic E-state index is 0.0374. The number of nitrogens with zero attached hydrogens (tertiary/aromatic N) is 1. The lowest BCUT2D eigenvalue weighted by molar-refractivity contribution is -0.116. The number of sulfonamides is 1. The summed E-state index contributed by atoms with van der Waals surface area (Å²) in [5, 5.41) is 5.13. The molecule has 0 aromatic heterocycles. The Morgan fingerprint density at radius 2 is 2.05 bits per heavy atom. The number of nitrogens with two attached hydrogens (primary N) is 1. The van der Waals surface area contributed by atoms with Gasteiger partial charge in [-0.05, 0) is 30.2 Å². The fourth-order valence-electron chi connectivity index (χ4n) is 2.17. The number of anilines is 1. The van der Waals surface area contributed by atoms with Crippen LogP contribution in [0.1, 0.15) is 26.3 Å². The molecular formula is C14H20N2O3S2. The van der Waals surface area contributed by atoms with E-state index in [1.165, 1.54) is 6.07 Å². The SMILES string of the molecule is CC(C)(C)SCC(=O)N1CCc2cc(S(N)(=O)=O)ccc21. The lowest BCUT2D eigenvalue weighted by Gasteiger charge is -2.21. The molecule has 0 unspecified atom stereocenters. The Kier molecular flexibility index (Phi) is 4.37. The van der Waals surface area contributed by atoms with Crippen LogP contribution in [-0.4, -0.2) is 31.4 Å². The van der Waals surface area contributed by atoms with E-state index < -0.39 is 10.0 Å². The van der Waals surface area contributed by atoms with Gasteiger partial charge in [0.15, 0.2) is 0 Å². The van der Waals surface area contributed by atoms with Gasteiger partial charge in [-0.2, -0.15) is 0 Å². The molecule has 2 N–H and O–H groups in total. The van der Waals surface area contributed by atoms with Crippen LogP contribution >= 0.6 is 11.8 Å². The standard InChI is InChI=1S/C14H20N2O3S2/c1-14(2,3)20-9-13(17)16-7-6-10-8-11(21(15,18)19)4-5-12(10)16/h4-5,8H,6-7,9H2,1-3H3,(H2,15,18,19). The second-order valence-electron chi connectivity index (χ2n) is 6.03. The van der Waals surface area contributed by atoms with Crippen molar-refractivity contribution in [2.75, 3.05) is 17.2 Å². The second-order valence-corrected chi connectivity index (χ2v) is 9.40. The van der Waals surface area contributed by atoms with Gasteiger partial charge in [-0.1, -0.05) is 20.8 Å². The Hall–Kier alpha value is -1.05. The Morgan fingerprint density at radius 3 is 2.62 bits per heavy atom. The van der Waals surface area contributed by atoms with E-state index in [0.717, 1.165) is 11.3 Å². The number of hydrogen-bond acceptors (Lipinski definition) is 4. The molecule has 0 radical (unpaired) electrons. The summed E-state index contributed by atoms with van der Waals surface area (Å²) >= 11 is 1.60. The molecule has 0 bridgehead atoms. The molecule has 7 heteroatoms. The molecule has 0 fully saturated rings. The van der Waals surface area contributed by atoms with Crippen molar-refractivity contribution in [3.05, 3.63) is 23.8 Å².